The normalized spacial score (nSPS) is 11.9. The number of hydrogen-bond donors (Lipinski definition) is 0. The van der Waals surface area contributed by atoms with Gasteiger partial charge in [0, 0.05) is 49.4 Å². The van der Waals surface area contributed by atoms with Crippen LogP contribution in [0.5, 0.6) is 0 Å². The maximum Gasteiger partial charge on any atom is 0.145 e. The number of aromatic nitrogens is 3. The molecule has 4 aromatic heterocycles. The Bertz CT molecular complexity index is 3120. The quantitative estimate of drug-likeness (QED) is 0.190. The Labute approximate surface area is 293 Å². The van der Waals surface area contributed by atoms with Crippen LogP contribution in [0.2, 0.25) is 0 Å². The molecule has 0 bridgehead atoms. The average molecular weight is 652 g/mol. The smallest absolute Gasteiger partial charge is 0.145 e. The molecule has 238 valence electrons. The van der Waals surface area contributed by atoms with Crippen LogP contribution in [-0.2, 0) is 0 Å². The Morgan fingerprint density at radius 1 is 0.373 bits per heavy atom. The van der Waals surface area contributed by atoms with E-state index in [1.165, 1.54) is 16.2 Å². The predicted molar refractivity (Wildman–Crippen MR) is 211 cm³/mol. The molecule has 0 saturated carbocycles. The summed E-state index contributed by atoms with van der Waals surface area (Å²) in [6, 6.07) is 62.3. The molecular formula is C47H29N3O. The van der Waals surface area contributed by atoms with Crippen LogP contribution in [0.15, 0.2) is 180 Å². The zero-order valence-electron chi connectivity index (χ0n) is 27.5. The highest BCUT2D eigenvalue weighted by Gasteiger charge is 2.22. The van der Waals surface area contributed by atoms with Gasteiger partial charge in [-0.1, -0.05) is 103 Å². The fourth-order valence-electron chi connectivity index (χ4n) is 8.03. The van der Waals surface area contributed by atoms with Gasteiger partial charge in [0.1, 0.15) is 11.2 Å². The first kappa shape index (κ1) is 28.0. The van der Waals surface area contributed by atoms with Gasteiger partial charge in [-0.3, -0.25) is 0 Å². The summed E-state index contributed by atoms with van der Waals surface area (Å²) in [7, 11) is 0. The number of pyridine rings is 1. The molecule has 0 aliphatic rings. The minimum Gasteiger partial charge on any atom is -0.455 e. The molecule has 0 aliphatic heterocycles. The van der Waals surface area contributed by atoms with E-state index in [-0.39, 0.29) is 0 Å². The Morgan fingerprint density at radius 2 is 0.980 bits per heavy atom. The van der Waals surface area contributed by atoms with Crippen LogP contribution in [0, 0.1) is 0 Å². The lowest BCUT2D eigenvalue weighted by Gasteiger charge is -2.10. The predicted octanol–water partition coefficient (Wildman–Crippen LogP) is 12.5. The number of para-hydroxylation sites is 3. The van der Waals surface area contributed by atoms with Crippen molar-refractivity contribution in [3.05, 3.63) is 176 Å². The molecule has 0 radical (unpaired) electrons. The number of rotatable bonds is 4. The van der Waals surface area contributed by atoms with Gasteiger partial charge in [-0.2, -0.15) is 0 Å². The van der Waals surface area contributed by atoms with Crippen LogP contribution in [-0.4, -0.2) is 14.1 Å². The van der Waals surface area contributed by atoms with E-state index in [9.17, 15) is 0 Å². The maximum absolute atomic E-state index is 6.68. The molecule has 0 spiro atoms. The molecule has 4 nitrogen and oxygen atoms in total. The second-order valence-corrected chi connectivity index (χ2v) is 13.2. The Kier molecular flexibility index (Phi) is 5.92. The SMILES string of the molecule is c1ccc(-c2cccc(-c3ccc4c5cc6c7c8oc9ccccc9c8ccc7n(-c7ccccc7)c6cc5n(-c5ccccc5)c4c3)n2)cc1. The molecule has 0 fully saturated rings. The largest absolute Gasteiger partial charge is 0.455 e. The van der Waals surface area contributed by atoms with Crippen molar-refractivity contribution in [1.29, 1.82) is 0 Å². The standard InChI is InChI=1S/C47H29N3O/c1-4-13-30(14-5-1)39-20-12-21-40(48-39)31-23-24-34-37-28-38-44(29-43(37)50(42(34)27-31)33-17-8-3-9-18-33)49(32-15-6-2-7-16-32)41-26-25-36-35-19-10-11-22-45(35)51-47(36)46(38)41/h1-29H. The van der Waals surface area contributed by atoms with Crippen LogP contribution in [0.25, 0.3) is 99.4 Å². The molecular weight excluding hydrogens is 623 g/mol. The molecule has 4 heterocycles. The monoisotopic (exact) mass is 651 g/mol. The summed E-state index contributed by atoms with van der Waals surface area (Å²) in [4.78, 5) is 5.12. The highest BCUT2D eigenvalue weighted by Crippen LogP contribution is 2.44. The number of hydrogen-bond acceptors (Lipinski definition) is 2. The molecule has 0 N–H and O–H groups in total. The van der Waals surface area contributed by atoms with E-state index in [0.717, 1.165) is 83.3 Å². The van der Waals surface area contributed by atoms with Crippen LogP contribution in [0.1, 0.15) is 0 Å². The van der Waals surface area contributed by atoms with Gasteiger partial charge in [0.15, 0.2) is 0 Å². The van der Waals surface area contributed by atoms with E-state index in [1.54, 1.807) is 0 Å². The summed E-state index contributed by atoms with van der Waals surface area (Å²) in [6.07, 6.45) is 0. The minimum atomic E-state index is 0.903. The minimum absolute atomic E-state index is 0.903. The summed E-state index contributed by atoms with van der Waals surface area (Å²) >= 11 is 0. The van der Waals surface area contributed by atoms with Gasteiger partial charge in [-0.25, -0.2) is 4.98 Å². The topological polar surface area (TPSA) is 35.9 Å². The molecule has 11 aromatic rings. The molecule has 0 atom stereocenters. The Morgan fingerprint density at radius 3 is 1.75 bits per heavy atom. The highest BCUT2D eigenvalue weighted by atomic mass is 16.3. The summed E-state index contributed by atoms with van der Waals surface area (Å²) in [5.41, 5.74) is 12.7. The van der Waals surface area contributed by atoms with Crippen molar-refractivity contribution in [1.82, 2.24) is 14.1 Å². The second-order valence-electron chi connectivity index (χ2n) is 13.2. The van der Waals surface area contributed by atoms with E-state index < -0.39 is 0 Å². The van der Waals surface area contributed by atoms with Crippen molar-refractivity contribution in [2.45, 2.75) is 0 Å². The van der Waals surface area contributed by atoms with E-state index in [0.29, 0.717) is 0 Å². The molecule has 51 heavy (non-hydrogen) atoms. The fourth-order valence-corrected chi connectivity index (χ4v) is 8.03. The average Bonchev–Trinajstić information content (AvgIpc) is 3.85. The lowest BCUT2D eigenvalue weighted by atomic mass is 10.0. The summed E-state index contributed by atoms with van der Waals surface area (Å²) < 4.78 is 11.5. The number of fused-ring (bicyclic) bond motifs is 10. The van der Waals surface area contributed by atoms with Gasteiger partial charge in [0.2, 0.25) is 0 Å². The first-order valence-corrected chi connectivity index (χ1v) is 17.3. The fraction of sp³-hybridized carbons (Fsp3) is 0. The van der Waals surface area contributed by atoms with Gasteiger partial charge in [-0.05, 0) is 72.8 Å². The van der Waals surface area contributed by atoms with Crippen molar-refractivity contribution in [3.8, 4) is 33.9 Å². The van der Waals surface area contributed by atoms with E-state index in [4.69, 9.17) is 9.40 Å². The number of furan rings is 1. The maximum atomic E-state index is 6.68. The van der Waals surface area contributed by atoms with E-state index >= 15 is 0 Å². The van der Waals surface area contributed by atoms with Crippen LogP contribution in [0.4, 0.5) is 0 Å². The molecule has 11 rings (SSSR count). The van der Waals surface area contributed by atoms with Crippen molar-refractivity contribution in [2.75, 3.05) is 0 Å². The Balaban J connectivity index is 1.25. The summed E-state index contributed by atoms with van der Waals surface area (Å²) in [5, 5.41) is 6.94. The van der Waals surface area contributed by atoms with E-state index in [2.05, 4.69) is 173 Å². The zero-order valence-corrected chi connectivity index (χ0v) is 27.5. The van der Waals surface area contributed by atoms with Gasteiger partial charge in [0.25, 0.3) is 0 Å². The number of benzene rings is 7. The van der Waals surface area contributed by atoms with Crippen LogP contribution >= 0.6 is 0 Å². The summed E-state index contributed by atoms with van der Waals surface area (Å²) in [6.45, 7) is 0. The lowest BCUT2D eigenvalue weighted by Crippen LogP contribution is -1.96. The molecule has 4 heteroatoms. The molecule has 7 aromatic carbocycles. The second kappa shape index (κ2) is 10.8. The molecule has 0 amide bonds. The van der Waals surface area contributed by atoms with Gasteiger partial charge >= 0.3 is 0 Å². The molecule has 0 saturated heterocycles. The summed E-state index contributed by atoms with van der Waals surface area (Å²) in [5.74, 6) is 0. The van der Waals surface area contributed by atoms with E-state index in [1.807, 2.05) is 12.1 Å². The first-order valence-electron chi connectivity index (χ1n) is 17.3. The van der Waals surface area contributed by atoms with Gasteiger partial charge < -0.3 is 13.6 Å². The third-order valence-electron chi connectivity index (χ3n) is 10.3. The molecule has 0 aliphatic carbocycles. The highest BCUT2D eigenvalue weighted by molar-refractivity contribution is 6.27. The van der Waals surface area contributed by atoms with Gasteiger partial charge in [0.05, 0.1) is 38.8 Å². The van der Waals surface area contributed by atoms with Crippen molar-refractivity contribution >= 4 is 65.6 Å². The van der Waals surface area contributed by atoms with Crippen LogP contribution in [0.3, 0.4) is 0 Å². The third kappa shape index (κ3) is 4.17. The molecule has 0 unspecified atom stereocenters. The number of nitrogens with zero attached hydrogens (tertiary/aromatic N) is 3. The first-order chi connectivity index (χ1) is 25.3. The van der Waals surface area contributed by atoms with Crippen molar-refractivity contribution in [3.63, 3.8) is 0 Å². The third-order valence-corrected chi connectivity index (χ3v) is 10.3. The Hall–Kier alpha value is -6.91. The zero-order chi connectivity index (χ0) is 33.5. The van der Waals surface area contributed by atoms with Crippen molar-refractivity contribution in [2.24, 2.45) is 0 Å². The van der Waals surface area contributed by atoms with Gasteiger partial charge in [-0.15, -0.1) is 0 Å². The lowest BCUT2D eigenvalue weighted by molar-refractivity contribution is 0.673. The van der Waals surface area contributed by atoms with Crippen molar-refractivity contribution < 1.29 is 4.42 Å². The van der Waals surface area contributed by atoms with Crippen LogP contribution < -0.4 is 0 Å².